The van der Waals surface area contributed by atoms with Crippen LogP contribution in [-0.4, -0.2) is 28.6 Å². The van der Waals surface area contributed by atoms with Crippen LogP contribution in [0.15, 0.2) is 60.7 Å². The van der Waals surface area contributed by atoms with Crippen molar-refractivity contribution in [1.82, 2.24) is 14.9 Å². The van der Waals surface area contributed by atoms with Crippen molar-refractivity contribution in [2.24, 2.45) is 0 Å². The van der Waals surface area contributed by atoms with E-state index in [1.165, 1.54) is 12.1 Å². The number of hydrogen-bond donors (Lipinski definition) is 1. The fourth-order valence-electron chi connectivity index (χ4n) is 4.50. The highest BCUT2D eigenvalue weighted by atomic mass is 35.5. The summed E-state index contributed by atoms with van der Waals surface area (Å²) in [5.74, 6) is 1.04. The fourth-order valence-corrected chi connectivity index (χ4v) is 4.60. The summed E-state index contributed by atoms with van der Waals surface area (Å²) in [6, 6.07) is 18.2. The molecule has 0 saturated carbocycles. The van der Waals surface area contributed by atoms with Crippen molar-refractivity contribution >= 4 is 28.5 Å². The Morgan fingerprint density at radius 2 is 1.73 bits per heavy atom. The van der Waals surface area contributed by atoms with Crippen LogP contribution in [-0.2, 0) is 13.0 Å². The van der Waals surface area contributed by atoms with E-state index in [9.17, 15) is 9.18 Å². The van der Waals surface area contributed by atoms with Gasteiger partial charge in [-0.05, 0) is 80.6 Å². The van der Waals surface area contributed by atoms with E-state index in [1.807, 2.05) is 44.2 Å². The third-order valence-electron chi connectivity index (χ3n) is 6.42. The molecule has 0 unspecified atom stereocenters. The van der Waals surface area contributed by atoms with Crippen LogP contribution in [0.5, 0.6) is 5.75 Å². The van der Waals surface area contributed by atoms with Gasteiger partial charge in [0.25, 0.3) is 5.91 Å². The Hall–Kier alpha value is -3.38. The molecule has 5 nitrogen and oxygen atoms in total. The van der Waals surface area contributed by atoms with Crippen LogP contribution in [0.1, 0.15) is 53.0 Å². The zero-order chi connectivity index (χ0) is 26.2. The molecule has 0 aliphatic heterocycles. The smallest absolute Gasteiger partial charge is 0.254 e. The molecule has 0 spiro atoms. The van der Waals surface area contributed by atoms with Crippen molar-refractivity contribution in [1.29, 1.82) is 0 Å². The van der Waals surface area contributed by atoms with Crippen molar-refractivity contribution < 1.29 is 13.9 Å². The van der Waals surface area contributed by atoms with Gasteiger partial charge in [0.1, 0.15) is 17.4 Å². The number of nitrogens with one attached hydrogen (secondary N) is 1. The summed E-state index contributed by atoms with van der Waals surface area (Å²) in [4.78, 5) is 17.0. The first-order valence-electron chi connectivity index (χ1n) is 12.8. The molecule has 1 N–H and O–H groups in total. The molecule has 0 saturated heterocycles. The Balaban J connectivity index is 1.26. The molecule has 1 heterocycles. The number of carbonyl (C=O) groups excluding carboxylic acids is 1. The van der Waals surface area contributed by atoms with E-state index in [0.29, 0.717) is 13.2 Å². The first-order chi connectivity index (χ1) is 17.9. The number of unbranched alkanes of at least 4 members (excludes halogenated alkanes) is 2. The van der Waals surface area contributed by atoms with Crippen LogP contribution < -0.4 is 10.1 Å². The number of aryl methyl sites for hydroxylation is 4. The number of imidazole rings is 1. The lowest BCUT2D eigenvalue weighted by molar-refractivity contribution is 0.0949. The minimum atomic E-state index is -0.498. The van der Waals surface area contributed by atoms with Gasteiger partial charge in [-0.15, -0.1) is 0 Å². The summed E-state index contributed by atoms with van der Waals surface area (Å²) in [7, 11) is 0. The largest absolute Gasteiger partial charge is 0.494 e. The van der Waals surface area contributed by atoms with Gasteiger partial charge in [-0.3, -0.25) is 4.79 Å². The molecule has 194 valence electrons. The van der Waals surface area contributed by atoms with Gasteiger partial charge in [0.2, 0.25) is 0 Å². The maximum absolute atomic E-state index is 13.7. The van der Waals surface area contributed by atoms with E-state index in [-0.39, 0.29) is 11.5 Å². The van der Waals surface area contributed by atoms with Crippen LogP contribution in [0, 0.1) is 19.7 Å². The van der Waals surface area contributed by atoms with Gasteiger partial charge in [0.15, 0.2) is 0 Å². The first-order valence-corrected chi connectivity index (χ1v) is 13.2. The van der Waals surface area contributed by atoms with Crippen molar-refractivity contribution in [2.45, 2.75) is 52.5 Å². The third kappa shape index (κ3) is 6.89. The summed E-state index contributed by atoms with van der Waals surface area (Å²) in [6.45, 7) is 5.92. The zero-order valence-electron chi connectivity index (χ0n) is 21.4. The summed E-state index contributed by atoms with van der Waals surface area (Å²) in [5.41, 5.74) is 4.26. The number of halogens is 2. The molecule has 0 aliphatic rings. The summed E-state index contributed by atoms with van der Waals surface area (Å²) < 4.78 is 22.0. The number of fused-ring (bicyclic) bond motifs is 1. The molecule has 4 aromatic rings. The Kier molecular flexibility index (Phi) is 9.18. The Labute approximate surface area is 222 Å². The molecule has 3 aromatic carbocycles. The van der Waals surface area contributed by atoms with Crippen LogP contribution in [0.3, 0.4) is 0 Å². The average molecular weight is 522 g/mol. The van der Waals surface area contributed by atoms with E-state index in [0.717, 1.165) is 77.4 Å². The van der Waals surface area contributed by atoms with Crippen LogP contribution >= 0.6 is 11.6 Å². The van der Waals surface area contributed by atoms with Gasteiger partial charge in [-0.25, -0.2) is 9.37 Å². The summed E-state index contributed by atoms with van der Waals surface area (Å²) in [6.07, 6.45) is 4.44. The number of amides is 1. The lowest BCUT2D eigenvalue weighted by Gasteiger charge is -2.12. The molecule has 37 heavy (non-hydrogen) atoms. The number of nitrogens with zero attached hydrogens (tertiary/aromatic N) is 2. The quantitative estimate of drug-likeness (QED) is 0.203. The maximum Gasteiger partial charge on any atom is 0.254 e. The second kappa shape index (κ2) is 12.7. The number of hydrogen-bond acceptors (Lipinski definition) is 3. The van der Waals surface area contributed by atoms with Gasteiger partial charge in [-0.1, -0.05) is 42.3 Å². The fraction of sp³-hybridized carbons (Fsp3) is 0.333. The molecule has 0 aliphatic carbocycles. The topological polar surface area (TPSA) is 56.1 Å². The van der Waals surface area contributed by atoms with E-state index < -0.39 is 5.82 Å². The molecule has 0 fully saturated rings. The highest BCUT2D eigenvalue weighted by Crippen LogP contribution is 2.26. The molecule has 0 bridgehead atoms. The lowest BCUT2D eigenvalue weighted by atomic mass is 10.1. The summed E-state index contributed by atoms with van der Waals surface area (Å²) in [5, 5.41) is 3.59. The molecule has 4 rings (SSSR count). The number of benzene rings is 3. The van der Waals surface area contributed by atoms with Gasteiger partial charge in [0, 0.05) is 24.5 Å². The summed E-state index contributed by atoms with van der Waals surface area (Å²) >= 11 is 6.27. The second-order valence-corrected chi connectivity index (χ2v) is 9.67. The van der Waals surface area contributed by atoms with Crippen molar-refractivity contribution in [2.75, 3.05) is 13.2 Å². The second-order valence-electron chi connectivity index (χ2n) is 9.29. The van der Waals surface area contributed by atoms with Gasteiger partial charge >= 0.3 is 0 Å². The van der Waals surface area contributed by atoms with Gasteiger partial charge in [-0.2, -0.15) is 0 Å². The lowest BCUT2D eigenvalue weighted by Crippen LogP contribution is -2.25. The molecule has 0 atom stereocenters. The molecule has 0 radical (unpaired) electrons. The average Bonchev–Trinajstić information content (AvgIpc) is 3.24. The maximum atomic E-state index is 13.7. The first kappa shape index (κ1) is 26.7. The molecule has 1 amide bonds. The molecule has 1 aromatic heterocycles. The number of carbonyl (C=O) groups is 1. The number of aromatic nitrogens is 2. The van der Waals surface area contributed by atoms with Crippen LogP contribution in [0.2, 0.25) is 5.02 Å². The highest BCUT2D eigenvalue weighted by Gasteiger charge is 2.12. The third-order valence-corrected chi connectivity index (χ3v) is 7.02. The number of rotatable bonds is 12. The molecular formula is C30H33ClFN3O2. The number of ether oxygens (including phenoxy) is 1. The predicted octanol–water partition coefficient (Wildman–Crippen LogP) is 7.06. The zero-order valence-corrected chi connectivity index (χ0v) is 22.2. The van der Waals surface area contributed by atoms with Crippen LogP contribution in [0.25, 0.3) is 11.0 Å². The normalized spacial score (nSPS) is 11.1. The van der Waals surface area contributed by atoms with Gasteiger partial charge in [0.05, 0.1) is 23.2 Å². The Morgan fingerprint density at radius 3 is 2.51 bits per heavy atom. The Morgan fingerprint density at radius 1 is 1.00 bits per heavy atom. The minimum absolute atomic E-state index is 0.0847. The van der Waals surface area contributed by atoms with Gasteiger partial charge < -0.3 is 14.6 Å². The van der Waals surface area contributed by atoms with Crippen molar-refractivity contribution in [3.05, 3.63) is 94.0 Å². The van der Waals surface area contributed by atoms with E-state index in [2.05, 4.69) is 16.0 Å². The monoisotopic (exact) mass is 521 g/mol. The molecular weight excluding hydrogens is 489 g/mol. The minimum Gasteiger partial charge on any atom is -0.494 e. The SMILES string of the molecule is Cc1cc(OCCCn2c(CCCCCNC(=O)c3ccccc3F)nc3ccccc32)cc(C)c1Cl. The van der Waals surface area contributed by atoms with E-state index in [4.69, 9.17) is 21.3 Å². The Bertz CT molecular complexity index is 1350. The molecule has 7 heteroatoms. The highest BCUT2D eigenvalue weighted by molar-refractivity contribution is 6.32. The number of para-hydroxylation sites is 2. The van der Waals surface area contributed by atoms with E-state index in [1.54, 1.807) is 12.1 Å². The van der Waals surface area contributed by atoms with Crippen molar-refractivity contribution in [3.8, 4) is 5.75 Å². The van der Waals surface area contributed by atoms with Crippen LogP contribution in [0.4, 0.5) is 4.39 Å². The van der Waals surface area contributed by atoms with Crippen molar-refractivity contribution in [3.63, 3.8) is 0 Å². The van der Waals surface area contributed by atoms with E-state index >= 15 is 0 Å². The standard InChI is InChI=1S/C30H33ClFN3O2/c1-21-19-23(20-22(2)29(21)31)37-18-10-17-35-27-14-8-7-13-26(27)34-28(35)15-4-3-9-16-33-30(36)24-11-5-6-12-25(24)32/h5-8,11-14,19-20H,3-4,9-10,15-18H2,1-2H3,(H,33,36). The predicted molar refractivity (Wildman–Crippen MR) is 147 cm³/mol.